The van der Waals surface area contributed by atoms with Crippen LogP contribution in [0.5, 0.6) is 0 Å². The van der Waals surface area contributed by atoms with Gasteiger partial charge in [-0.3, -0.25) is 0 Å². The zero-order valence-electron chi connectivity index (χ0n) is 12.4. The first-order valence-electron chi connectivity index (χ1n) is 7.04. The molecule has 0 aliphatic heterocycles. The first kappa shape index (κ1) is 14.8. The molecule has 2 nitrogen and oxygen atoms in total. The SMILES string of the molecule is Cc1cc(C)c([C@@H](N)[C@@H](O)Cc2ccccc2)c(C)c1. The van der Waals surface area contributed by atoms with Crippen molar-refractivity contribution in [3.8, 4) is 0 Å². The predicted molar refractivity (Wildman–Crippen MR) is 83.7 cm³/mol. The van der Waals surface area contributed by atoms with Gasteiger partial charge in [-0.05, 0) is 43.0 Å². The third-order valence-corrected chi connectivity index (χ3v) is 3.77. The summed E-state index contributed by atoms with van der Waals surface area (Å²) in [7, 11) is 0. The molecule has 0 unspecified atom stereocenters. The van der Waals surface area contributed by atoms with Gasteiger partial charge in [-0.2, -0.15) is 0 Å². The number of aliphatic hydroxyl groups is 1. The van der Waals surface area contributed by atoms with Crippen LogP contribution in [0.1, 0.15) is 33.9 Å². The van der Waals surface area contributed by atoms with E-state index < -0.39 is 6.10 Å². The van der Waals surface area contributed by atoms with Crippen molar-refractivity contribution in [3.05, 3.63) is 70.3 Å². The number of nitrogens with two attached hydrogens (primary N) is 1. The summed E-state index contributed by atoms with van der Waals surface area (Å²) in [5.74, 6) is 0. The lowest BCUT2D eigenvalue weighted by Gasteiger charge is -2.23. The zero-order valence-corrected chi connectivity index (χ0v) is 12.4. The second-order valence-corrected chi connectivity index (χ2v) is 5.60. The highest BCUT2D eigenvalue weighted by molar-refractivity contribution is 5.40. The van der Waals surface area contributed by atoms with Gasteiger partial charge in [0.15, 0.2) is 0 Å². The summed E-state index contributed by atoms with van der Waals surface area (Å²) in [5.41, 5.74) is 12.0. The molecular formula is C18H23NO. The van der Waals surface area contributed by atoms with E-state index in [1.54, 1.807) is 0 Å². The maximum atomic E-state index is 10.4. The van der Waals surface area contributed by atoms with Crippen LogP contribution >= 0.6 is 0 Å². The van der Waals surface area contributed by atoms with E-state index in [1.807, 2.05) is 30.3 Å². The largest absolute Gasteiger partial charge is 0.391 e. The minimum atomic E-state index is -0.572. The van der Waals surface area contributed by atoms with Crippen molar-refractivity contribution in [2.24, 2.45) is 5.73 Å². The highest BCUT2D eigenvalue weighted by Gasteiger charge is 2.20. The number of benzene rings is 2. The Labute approximate surface area is 121 Å². The lowest BCUT2D eigenvalue weighted by atomic mass is 9.89. The summed E-state index contributed by atoms with van der Waals surface area (Å²) < 4.78 is 0. The molecule has 3 N–H and O–H groups in total. The molecule has 0 saturated heterocycles. The number of aryl methyl sites for hydroxylation is 3. The minimum absolute atomic E-state index is 0.351. The fraction of sp³-hybridized carbons (Fsp3) is 0.333. The molecule has 0 amide bonds. The summed E-state index contributed by atoms with van der Waals surface area (Å²) >= 11 is 0. The highest BCUT2D eigenvalue weighted by Crippen LogP contribution is 2.25. The van der Waals surface area contributed by atoms with Gasteiger partial charge in [0.1, 0.15) is 0 Å². The Hall–Kier alpha value is -1.64. The molecule has 0 spiro atoms. The highest BCUT2D eigenvalue weighted by atomic mass is 16.3. The van der Waals surface area contributed by atoms with Crippen molar-refractivity contribution < 1.29 is 5.11 Å². The molecule has 0 fully saturated rings. The van der Waals surface area contributed by atoms with Crippen molar-refractivity contribution in [2.45, 2.75) is 39.3 Å². The van der Waals surface area contributed by atoms with Gasteiger partial charge in [0.25, 0.3) is 0 Å². The molecule has 0 aromatic heterocycles. The van der Waals surface area contributed by atoms with Gasteiger partial charge >= 0.3 is 0 Å². The molecule has 2 rings (SSSR count). The number of hydrogen-bond acceptors (Lipinski definition) is 2. The van der Waals surface area contributed by atoms with E-state index in [1.165, 1.54) is 5.56 Å². The fourth-order valence-corrected chi connectivity index (χ4v) is 2.89. The van der Waals surface area contributed by atoms with Gasteiger partial charge in [0.2, 0.25) is 0 Å². The topological polar surface area (TPSA) is 46.2 Å². The normalized spacial score (nSPS) is 14.1. The molecule has 2 aromatic rings. The van der Waals surface area contributed by atoms with Crippen molar-refractivity contribution in [1.82, 2.24) is 0 Å². The van der Waals surface area contributed by atoms with Crippen molar-refractivity contribution in [1.29, 1.82) is 0 Å². The molecule has 0 bridgehead atoms. The molecule has 20 heavy (non-hydrogen) atoms. The van der Waals surface area contributed by atoms with Gasteiger partial charge in [-0.15, -0.1) is 0 Å². The number of rotatable bonds is 4. The van der Waals surface area contributed by atoms with Crippen molar-refractivity contribution in [3.63, 3.8) is 0 Å². The standard InChI is InChI=1S/C18H23NO/c1-12-9-13(2)17(14(3)10-12)18(19)16(20)11-15-7-5-4-6-8-15/h4-10,16,18,20H,11,19H2,1-3H3/t16-,18-/m0/s1. The first-order valence-corrected chi connectivity index (χ1v) is 7.04. The monoisotopic (exact) mass is 269 g/mol. The average molecular weight is 269 g/mol. The van der Waals surface area contributed by atoms with E-state index >= 15 is 0 Å². The Morgan fingerprint density at radius 3 is 2.10 bits per heavy atom. The van der Waals surface area contributed by atoms with E-state index in [2.05, 4.69) is 32.9 Å². The van der Waals surface area contributed by atoms with Crippen LogP contribution in [-0.4, -0.2) is 11.2 Å². The summed E-state index contributed by atoms with van der Waals surface area (Å²) in [6.45, 7) is 6.20. The van der Waals surface area contributed by atoms with Gasteiger partial charge in [-0.1, -0.05) is 48.0 Å². The van der Waals surface area contributed by atoms with Gasteiger partial charge in [-0.25, -0.2) is 0 Å². The summed E-state index contributed by atoms with van der Waals surface area (Å²) in [5, 5.41) is 10.4. The van der Waals surface area contributed by atoms with E-state index in [4.69, 9.17) is 5.73 Å². The van der Waals surface area contributed by atoms with Crippen LogP contribution in [0.25, 0.3) is 0 Å². The van der Waals surface area contributed by atoms with E-state index in [0.717, 1.165) is 22.3 Å². The predicted octanol–water partition coefficient (Wildman–Crippen LogP) is 3.22. The molecule has 0 aliphatic carbocycles. The quantitative estimate of drug-likeness (QED) is 0.895. The van der Waals surface area contributed by atoms with Crippen LogP contribution in [0, 0.1) is 20.8 Å². The van der Waals surface area contributed by atoms with Crippen LogP contribution in [0.3, 0.4) is 0 Å². The lowest BCUT2D eigenvalue weighted by molar-refractivity contribution is 0.144. The van der Waals surface area contributed by atoms with E-state index in [9.17, 15) is 5.11 Å². The average Bonchev–Trinajstić information content (AvgIpc) is 2.38. The Morgan fingerprint density at radius 1 is 1.00 bits per heavy atom. The third kappa shape index (κ3) is 3.27. The summed E-state index contributed by atoms with van der Waals surface area (Å²) in [4.78, 5) is 0. The third-order valence-electron chi connectivity index (χ3n) is 3.77. The van der Waals surface area contributed by atoms with Gasteiger partial charge < -0.3 is 10.8 Å². The molecule has 2 heteroatoms. The number of aliphatic hydroxyl groups excluding tert-OH is 1. The molecule has 0 radical (unpaired) electrons. The number of hydrogen-bond donors (Lipinski definition) is 2. The molecule has 106 valence electrons. The molecule has 0 heterocycles. The molecule has 0 aliphatic rings. The van der Waals surface area contributed by atoms with Gasteiger partial charge in [0.05, 0.1) is 12.1 Å². The van der Waals surface area contributed by atoms with Crippen LogP contribution in [0.4, 0.5) is 0 Å². The Balaban J connectivity index is 2.21. The van der Waals surface area contributed by atoms with Crippen LogP contribution in [0.2, 0.25) is 0 Å². The maximum Gasteiger partial charge on any atom is 0.0773 e. The van der Waals surface area contributed by atoms with E-state index in [-0.39, 0.29) is 6.04 Å². The van der Waals surface area contributed by atoms with E-state index in [0.29, 0.717) is 6.42 Å². The molecule has 2 aromatic carbocycles. The first-order chi connectivity index (χ1) is 9.49. The van der Waals surface area contributed by atoms with Crippen molar-refractivity contribution >= 4 is 0 Å². The smallest absolute Gasteiger partial charge is 0.0773 e. The molecule has 0 saturated carbocycles. The summed E-state index contributed by atoms with van der Waals surface area (Å²) in [6.07, 6.45) is 0.00638. The molecule has 2 atom stereocenters. The lowest BCUT2D eigenvalue weighted by Crippen LogP contribution is -2.29. The maximum absolute atomic E-state index is 10.4. The Morgan fingerprint density at radius 2 is 1.55 bits per heavy atom. The van der Waals surface area contributed by atoms with Crippen LogP contribution < -0.4 is 5.73 Å². The molecular weight excluding hydrogens is 246 g/mol. The Bertz CT molecular complexity index is 554. The second-order valence-electron chi connectivity index (χ2n) is 5.60. The van der Waals surface area contributed by atoms with Crippen molar-refractivity contribution in [2.75, 3.05) is 0 Å². The summed E-state index contributed by atoms with van der Waals surface area (Å²) in [6, 6.07) is 13.9. The second kappa shape index (κ2) is 6.21. The minimum Gasteiger partial charge on any atom is -0.391 e. The Kier molecular flexibility index (Phi) is 4.58. The van der Waals surface area contributed by atoms with Crippen LogP contribution in [0.15, 0.2) is 42.5 Å². The van der Waals surface area contributed by atoms with Gasteiger partial charge in [0, 0.05) is 6.42 Å². The zero-order chi connectivity index (χ0) is 14.7. The van der Waals surface area contributed by atoms with Crippen LogP contribution in [-0.2, 0) is 6.42 Å². The fourth-order valence-electron chi connectivity index (χ4n) is 2.89.